The molecule has 1 amide bonds. The molecule has 0 bridgehead atoms. The van der Waals surface area contributed by atoms with Crippen LogP contribution in [0.4, 0.5) is 15.8 Å². The van der Waals surface area contributed by atoms with Crippen molar-refractivity contribution in [3.63, 3.8) is 0 Å². The standard InChI is InChI=1S/C40H41FI2N6O2/c41-27-15-26(18-30(19-27)51-13-12-49-10-4-5-11-49)40-33-22-37(48-36(33)8-9-46-40)39(45)32-21-31(34(43)23-35(32)44)25-16-28(42)20-29(17-25)47-38(50)14-24-6-2-1-3-7-24/h8-9,15-24,45,48H,1-7,10-14,44H2,(H,47,50). The van der Waals surface area contributed by atoms with Crippen molar-refractivity contribution in [1.82, 2.24) is 14.9 Å². The van der Waals surface area contributed by atoms with Crippen molar-refractivity contribution in [2.24, 2.45) is 5.92 Å². The summed E-state index contributed by atoms with van der Waals surface area (Å²) in [5.41, 5.74) is 13.0. The zero-order chi connectivity index (χ0) is 35.5. The number of likely N-dealkylation sites (tertiary alicyclic amines) is 1. The Kier molecular flexibility index (Phi) is 11.2. The topological polar surface area (TPSA) is 120 Å². The number of aromatic amines is 1. The lowest BCUT2D eigenvalue weighted by Gasteiger charge is -2.21. The van der Waals surface area contributed by atoms with Crippen molar-refractivity contribution in [1.29, 1.82) is 5.41 Å². The first-order valence-electron chi connectivity index (χ1n) is 17.6. The Morgan fingerprint density at radius 3 is 2.61 bits per heavy atom. The molecule has 3 heterocycles. The molecule has 5 aromatic rings. The molecule has 7 rings (SSSR count). The van der Waals surface area contributed by atoms with E-state index in [0.29, 0.717) is 52.9 Å². The van der Waals surface area contributed by atoms with Crippen molar-refractivity contribution in [3.8, 4) is 28.1 Å². The van der Waals surface area contributed by atoms with Crippen LogP contribution in [0.2, 0.25) is 0 Å². The number of aromatic nitrogens is 2. The second-order valence-corrected chi connectivity index (χ2v) is 16.1. The van der Waals surface area contributed by atoms with Gasteiger partial charge in [-0.1, -0.05) is 19.3 Å². The van der Waals surface area contributed by atoms with Crippen molar-refractivity contribution >= 4 is 79.1 Å². The second kappa shape index (κ2) is 16.0. The number of anilines is 2. The molecule has 2 fully saturated rings. The van der Waals surface area contributed by atoms with E-state index in [0.717, 1.165) is 67.3 Å². The Bertz CT molecular complexity index is 2090. The van der Waals surface area contributed by atoms with Crippen molar-refractivity contribution < 1.29 is 13.9 Å². The predicted octanol–water partition coefficient (Wildman–Crippen LogP) is 9.63. The molecule has 2 aromatic heterocycles. The van der Waals surface area contributed by atoms with Crippen LogP contribution in [-0.4, -0.2) is 52.7 Å². The number of rotatable bonds is 11. The van der Waals surface area contributed by atoms with Crippen LogP contribution in [0.25, 0.3) is 33.3 Å². The molecule has 1 saturated carbocycles. The van der Waals surface area contributed by atoms with Crippen LogP contribution >= 0.6 is 45.2 Å². The summed E-state index contributed by atoms with van der Waals surface area (Å²) in [5.74, 6) is 0.580. The van der Waals surface area contributed by atoms with Gasteiger partial charge < -0.3 is 20.8 Å². The van der Waals surface area contributed by atoms with Crippen LogP contribution in [0.1, 0.15) is 62.6 Å². The maximum absolute atomic E-state index is 14.9. The van der Waals surface area contributed by atoms with Gasteiger partial charge in [0.25, 0.3) is 0 Å². The fourth-order valence-corrected chi connectivity index (χ4v) is 8.83. The summed E-state index contributed by atoms with van der Waals surface area (Å²) in [5, 5.41) is 13.2. The second-order valence-electron chi connectivity index (χ2n) is 13.7. The highest BCUT2D eigenvalue weighted by Crippen LogP contribution is 2.36. The van der Waals surface area contributed by atoms with Gasteiger partial charge in [-0.25, -0.2) is 4.39 Å². The number of ether oxygens (including phenoxy) is 1. The largest absolute Gasteiger partial charge is 0.492 e. The molecule has 0 unspecified atom stereocenters. The number of hydrogen-bond donors (Lipinski definition) is 4. The van der Waals surface area contributed by atoms with Crippen molar-refractivity contribution in [3.05, 3.63) is 91.1 Å². The molecule has 1 aliphatic heterocycles. The molecular formula is C40H41FI2N6O2. The van der Waals surface area contributed by atoms with Crippen LogP contribution < -0.4 is 15.8 Å². The average Bonchev–Trinajstić information content (AvgIpc) is 3.78. The van der Waals surface area contributed by atoms with Gasteiger partial charge in [0.1, 0.15) is 18.2 Å². The minimum Gasteiger partial charge on any atom is -0.492 e. The molecule has 5 N–H and O–H groups in total. The fraction of sp³-hybridized carbons (Fsp3) is 0.325. The van der Waals surface area contributed by atoms with E-state index in [4.69, 9.17) is 10.5 Å². The number of halogens is 3. The van der Waals surface area contributed by atoms with E-state index in [9.17, 15) is 14.6 Å². The zero-order valence-electron chi connectivity index (χ0n) is 28.3. The maximum Gasteiger partial charge on any atom is 0.224 e. The van der Waals surface area contributed by atoms with E-state index in [2.05, 4.69) is 71.4 Å². The van der Waals surface area contributed by atoms with E-state index in [-0.39, 0.29) is 11.6 Å². The number of nitrogens with one attached hydrogen (secondary N) is 3. The number of carbonyl (C=O) groups is 1. The highest BCUT2D eigenvalue weighted by Gasteiger charge is 2.20. The number of hydrogen-bond acceptors (Lipinski definition) is 6. The molecule has 3 aromatic carbocycles. The van der Waals surface area contributed by atoms with Gasteiger partial charge in [-0.2, -0.15) is 0 Å². The lowest BCUT2D eigenvalue weighted by atomic mass is 9.87. The minimum absolute atomic E-state index is 0.0523. The number of carbonyl (C=O) groups excluding carboxylic acids is 1. The van der Waals surface area contributed by atoms with E-state index < -0.39 is 5.82 Å². The first-order chi connectivity index (χ1) is 24.7. The maximum atomic E-state index is 14.9. The summed E-state index contributed by atoms with van der Waals surface area (Å²) in [6, 6.07) is 18.3. The van der Waals surface area contributed by atoms with Crippen LogP contribution in [-0.2, 0) is 4.79 Å². The summed E-state index contributed by atoms with van der Waals surface area (Å²) in [7, 11) is 0. The van der Waals surface area contributed by atoms with Gasteiger partial charge in [-0.15, -0.1) is 0 Å². The molecular weight excluding hydrogens is 869 g/mol. The van der Waals surface area contributed by atoms with Gasteiger partial charge in [0, 0.05) is 65.8 Å². The van der Waals surface area contributed by atoms with Gasteiger partial charge in [-0.05, 0) is 156 Å². The van der Waals surface area contributed by atoms with Gasteiger partial charge in [0.15, 0.2) is 0 Å². The highest BCUT2D eigenvalue weighted by molar-refractivity contribution is 14.1. The third kappa shape index (κ3) is 8.57. The van der Waals surface area contributed by atoms with Crippen molar-refractivity contribution in [2.45, 2.75) is 51.4 Å². The van der Waals surface area contributed by atoms with E-state index in [1.165, 1.54) is 44.2 Å². The predicted molar refractivity (Wildman–Crippen MR) is 220 cm³/mol. The Morgan fingerprint density at radius 1 is 1.00 bits per heavy atom. The lowest BCUT2D eigenvalue weighted by molar-refractivity contribution is -0.117. The fourth-order valence-electron chi connectivity index (χ4n) is 7.35. The Balaban J connectivity index is 1.14. The number of nitrogen functional groups attached to an aromatic ring is 1. The monoisotopic (exact) mass is 910 g/mol. The van der Waals surface area contributed by atoms with Crippen LogP contribution in [0, 0.1) is 24.3 Å². The molecule has 1 saturated heterocycles. The molecule has 11 heteroatoms. The normalized spacial score (nSPS) is 15.4. The number of fused-ring (bicyclic) bond motifs is 1. The molecule has 0 spiro atoms. The first kappa shape index (κ1) is 35.8. The van der Waals surface area contributed by atoms with E-state index >= 15 is 0 Å². The smallest absolute Gasteiger partial charge is 0.224 e. The number of H-pyrrole nitrogens is 1. The Hall–Kier alpha value is -3.56. The Morgan fingerprint density at radius 2 is 1.80 bits per heavy atom. The molecule has 264 valence electrons. The van der Waals surface area contributed by atoms with Gasteiger partial charge in [0.2, 0.25) is 5.91 Å². The van der Waals surface area contributed by atoms with Crippen LogP contribution in [0.3, 0.4) is 0 Å². The summed E-state index contributed by atoms with van der Waals surface area (Å²) in [4.78, 5) is 23.3. The molecule has 2 aliphatic rings. The molecule has 51 heavy (non-hydrogen) atoms. The third-order valence-electron chi connectivity index (χ3n) is 9.94. The summed E-state index contributed by atoms with van der Waals surface area (Å²) in [6.45, 7) is 3.46. The minimum atomic E-state index is -0.396. The lowest BCUT2D eigenvalue weighted by Crippen LogP contribution is -2.25. The summed E-state index contributed by atoms with van der Waals surface area (Å²) >= 11 is 4.55. The summed E-state index contributed by atoms with van der Waals surface area (Å²) in [6.07, 6.45) is 10.6. The molecule has 0 radical (unpaired) electrons. The van der Waals surface area contributed by atoms with Gasteiger partial charge in [0.05, 0.1) is 17.1 Å². The van der Waals surface area contributed by atoms with Crippen LogP contribution in [0.15, 0.2) is 66.9 Å². The highest BCUT2D eigenvalue weighted by atomic mass is 127. The van der Waals surface area contributed by atoms with E-state index in [1.807, 2.05) is 42.5 Å². The van der Waals surface area contributed by atoms with Gasteiger partial charge >= 0.3 is 0 Å². The quantitative estimate of drug-likeness (QED) is 0.0598. The number of amides is 1. The van der Waals surface area contributed by atoms with Gasteiger partial charge in [-0.3, -0.25) is 20.1 Å². The van der Waals surface area contributed by atoms with Crippen molar-refractivity contribution in [2.75, 3.05) is 37.3 Å². The molecule has 8 nitrogen and oxygen atoms in total. The summed E-state index contributed by atoms with van der Waals surface area (Å²) < 4.78 is 22.8. The van der Waals surface area contributed by atoms with Crippen LogP contribution in [0.5, 0.6) is 5.75 Å². The zero-order valence-corrected chi connectivity index (χ0v) is 32.7. The average molecular weight is 911 g/mol. The number of benzene rings is 3. The number of nitrogens with two attached hydrogens (primary N) is 1. The molecule has 1 aliphatic carbocycles. The molecule has 0 atom stereocenters. The number of nitrogens with zero attached hydrogens (tertiary/aromatic N) is 2. The SMILES string of the molecule is N=C(c1cc2c(-c3cc(F)cc(OCCN4CCCC4)c3)nccc2[nH]1)c1cc(-c2cc(I)cc(NC(=O)CC3CCCCC3)c2)c(I)cc1N. The Labute approximate surface area is 324 Å². The third-order valence-corrected chi connectivity index (χ3v) is 11.5. The number of pyridine rings is 1. The van der Waals surface area contributed by atoms with E-state index in [1.54, 1.807) is 6.20 Å². The first-order valence-corrected chi connectivity index (χ1v) is 19.8.